The summed E-state index contributed by atoms with van der Waals surface area (Å²) in [4.78, 5) is 19.2. The van der Waals surface area contributed by atoms with Crippen molar-refractivity contribution in [2.24, 2.45) is 0 Å². The van der Waals surface area contributed by atoms with Gasteiger partial charge in [0.25, 0.3) is 0 Å². The Labute approximate surface area is 161 Å². The minimum atomic E-state index is -0.931. The van der Waals surface area contributed by atoms with E-state index < -0.39 is 11.8 Å². The van der Waals surface area contributed by atoms with Crippen molar-refractivity contribution in [1.82, 2.24) is 9.97 Å². The average Bonchev–Trinajstić information content (AvgIpc) is 2.56. The van der Waals surface area contributed by atoms with Gasteiger partial charge >= 0.3 is 12.0 Å². The number of ether oxygens (including phenoxy) is 2. The third-order valence-corrected chi connectivity index (χ3v) is 4.51. The van der Waals surface area contributed by atoms with Gasteiger partial charge in [-0.25, -0.2) is 9.37 Å². The maximum absolute atomic E-state index is 14.5. The molecule has 1 fully saturated rings. The highest BCUT2D eigenvalue weighted by molar-refractivity contribution is 6.32. The molecule has 1 aromatic carbocycles. The smallest absolute Gasteiger partial charge is 0.317 e. The molecule has 0 atom stereocenters. The minimum absolute atomic E-state index is 0.0543. The molecule has 0 unspecified atom stereocenters. The Morgan fingerprint density at radius 3 is 2.74 bits per heavy atom. The zero-order valence-corrected chi connectivity index (χ0v) is 15.6. The van der Waals surface area contributed by atoms with Gasteiger partial charge < -0.3 is 14.6 Å². The Kier molecular flexibility index (Phi) is 6.11. The summed E-state index contributed by atoms with van der Waals surface area (Å²) < 4.78 is 25.5. The molecule has 1 aromatic heterocycles. The van der Waals surface area contributed by atoms with Crippen LogP contribution in [0.1, 0.15) is 37.8 Å². The van der Waals surface area contributed by atoms with Gasteiger partial charge in [0.2, 0.25) is 0 Å². The second-order valence-corrected chi connectivity index (χ2v) is 6.87. The summed E-state index contributed by atoms with van der Waals surface area (Å²) in [6, 6.07) is 4.85. The number of carboxylic acid groups (broad SMARTS) is 1. The van der Waals surface area contributed by atoms with E-state index in [4.69, 9.17) is 26.2 Å². The summed E-state index contributed by atoms with van der Waals surface area (Å²) in [6.45, 7) is 1.88. The quantitative estimate of drug-likeness (QED) is 0.667. The lowest BCUT2D eigenvalue weighted by Crippen LogP contribution is -2.25. The van der Waals surface area contributed by atoms with E-state index in [0.29, 0.717) is 17.0 Å². The molecule has 0 amide bonds. The first-order valence-corrected chi connectivity index (χ1v) is 9.16. The first-order valence-electron chi connectivity index (χ1n) is 8.78. The van der Waals surface area contributed by atoms with Gasteiger partial charge in [0.15, 0.2) is 11.6 Å². The molecule has 0 bridgehead atoms. The highest BCUT2D eigenvalue weighted by atomic mass is 35.5. The minimum Gasteiger partial charge on any atom is -0.489 e. The van der Waals surface area contributed by atoms with Crippen LogP contribution in [0.15, 0.2) is 18.2 Å². The predicted octanol–water partition coefficient (Wildman–Crippen LogP) is 4.42. The number of hydrogen-bond acceptors (Lipinski definition) is 5. The molecule has 1 aliphatic rings. The van der Waals surface area contributed by atoms with Crippen LogP contribution in [0, 0.1) is 12.7 Å². The van der Waals surface area contributed by atoms with E-state index in [1.807, 2.05) is 6.92 Å². The van der Waals surface area contributed by atoms with Gasteiger partial charge in [-0.2, -0.15) is 4.98 Å². The number of aryl methyl sites for hydroxylation is 1. The summed E-state index contributed by atoms with van der Waals surface area (Å²) in [7, 11) is 0. The van der Waals surface area contributed by atoms with Gasteiger partial charge in [-0.15, -0.1) is 0 Å². The van der Waals surface area contributed by atoms with Crippen LogP contribution in [0.3, 0.4) is 0 Å². The van der Waals surface area contributed by atoms with Crippen LogP contribution >= 0.6 is 11.6 Å². The predicted molar refractivity (Wildman–Crippen MR) is 97.8 cm³/mol. The largest absolute Gasteiger partial charge is 0.489 e. The number of aromatic nitrogens is 2. The maximum Gasteiger partial charge on any atom is 0.317 e. The van der Waals surface area contributed by atoms with E-state index in [1.165, 1.54) is 6.07 Å². The first-order chi connectivity index (χ1) is 12.9. The van der Waals surface area contributed by atoms with E-state index in [9.17, 15) is 9.18 Å². The van der Waals surface area contributed by atoms with Gasteiger partial charge in [0.05, 0.1) is 17.3 Å². The normalized spacial score (nSPS) is 13.9. The fourth-order valence-corrected chi connectivity index (χ4v) is 2.89. The number of halogens is 2. The van der Waals surface area contributed by atoms with Gasteiger partial charge in [0, 0.05) is 17.7 Å². The van der Waals surface area contributed by atoms with Gasteiger partial charge in [-0.1, -0.05) is 11.6 Å². The van der Waals surface area contributed by atoms with Crippen molar-refractivity contribution in [3.8, 4) is 23.0 Å². The third-order valence-electron chi connectivity index (χ3n) is 4.23. The van der Waals surface area contributed by atoms with Gasteiger partial charge in [-0.3, -0.25) is 4.79 Å². The number of carbonyl (C=O) groups is 1. The monoisotopic (exact) mass is 394 g/mol. The van der Waals surface area contributed by atoms with Crippen molar-refractivity contribution in [3.63, 3.8) is 0 Å². The molecule has 1 N–H and O–H groups in total. The fraction of sp³-hybridized carbons (Fsp3) is 0.421. The molecule has 6 nitrogen and oxygen atoms in total. The van der Waals surface area contributed by atoms with Gasteiger partial charge in [0.1, 0.15) is 6.10 Å². The molecule has 0 spiro atoms. The summed E-state index contributed by atoms with van der Waals surface area (Å²) in [5.41, 5.74) is 1.70. The fourth-order valence-electron chi connectivity index (χ4n) is 2.62. The second-order valence-electron chi connectivity index (χ2n) is 6.46. The van der Waals surface area contributed by atoms with E-state index in [0.717, 1.165) is 19.3 Å². The average molecular weight is 395 g/mol. The van der Waals surface area contributed by atoms with Crippen LogP contribution in [0.2, 0.25) is 5.02 Å². The molecule has 0 aliphatic heterocycles. The summed E-state index contributed by atoms with van der Waals surface area (Å²) in [5.74, 6) is -1.66. The van der Waals surface area contributed by atoms with E-state index in [1.54, 1.807) is 12.1 Å². The molecule has 27 heavy (non-hydrogen) atoms. The molecule has 1 saturated carbocycles. The number of hydrogen-bond donors (Lipinski definition) is 1. The van der Waals surface area contributed by atoms with E-state index >= 15 is 0 Å². The Bertz CT molecular complexity index is 819. The SMILES string of the molecule is Cc1cc(-c2cc(F)c(OCCCC(=O)O)c(Cl)c2)nc(OC2CCC2)n1. The van der Waals surface area contributed by atoms with Crippen molar-refractivity contribution >= 4 is 17.6 Å². The number of nitrogens with zero attached hydrogens (tertiary/aromatic N) is 2. The molecule has 0 radical (unpaired) electrons. The van der Waals surface area contributed by atoms with Gasteiger partial charge in [-0.05, 0) is 50.8 Å². The highest BCUT2D eigenvalue weighted by Crippen LogP contribution is 2.34. The Morgan fingerprint density at radius 1 is 1.33 bits per heavy atom. The molecule has 3 rings (SSSR count). The molecular weight excluding hydrogens is 375 g/mol. The summed E-state index contributed by atoms with van der Waals surface area (Å²) >= 11 is 6.17. The van der Waals surface area contributed by atoms with Crippen LogP contribution in [-0.4, -0.2) is 33.8 Å². The van der Waals surface area contributed by atoms with Crippen LogP contribution < -0.4 is 9.47 Å². The van der Waals surface area contributed by atoms with Crippen molar-refractivity contribution in [1.29, 1.82) is 0 Å². The van der Waals surface area contributed by atoms with Crippen LogP contribution in [0.5, 0.6) is 11.8 Å². The summed E-state index contributed by atoms with van der Waals surface area (Å²) in [6.07, 6.45) is 3.46. The Balaban J connectivity index is 1.77. The van der Waals surface area contributed by atoms with Crippen LogP contribution in [-0.2, 0) is 4.79 Å². The molecule has 1 aliphatic carbocycles. The lowest BCUT2D eigenvalue weighted by molar-refractivity contribution is -0.137. The third kappa shape index (κ3) is 5.07. The highest BCUT2D eigenvalue weighted by Gasteiger charge is 2.21. The van der Waals surface area contributed by atoms with Crippen LogP contribution in [0.4, 0.5) is 4.39 Å². The number of aliphatic carboxylic acids is 1. The molecule has 144 valence electrons. The van der Waals surface area contributed by atoms with Crippen molar-refractivity contribution < 1.29 is 23.8 Å². The van der Waals surface area contributed by atoms with E-state index in [2.05, 4.69) is 9.97 Å². The summed E-state index contributed by atoms with van der Waals surface area (Å²) in [5, 5.41) is 8.72. The molecular formula is C19H20ClFN2O4. The lowest BCUT2D eigenvalue weighted by Gasteiger charge is -2.25. The Hall–Kier alpha value is -2.41. The molecule has 8 heteroatoms. The van der Waals surface area contributed by atoms with Crippen molar-refractivity contribution in [2.75, 3.05) is 6.61 Å². The Morgan fingerprint density at radius 2 is 2.11 bits per heavy atom. The lowest BCUT2D eigenvalue weighted by atomic mass is 9.96. The molecule has 1 heterocycles. The topological polar surface area (TPSA) is 81.5 Å². The van der Waals surface area contributed by atoms with Crippen LogP contribution in [0.25, 0.3) is 11.3 Å². The second kappa shape index (κ2) is 8.52. The number of benzene rings is 1. The standard InChI is InChI=1S/C19H20ClFN2O4/c1-11-8-16(23-19(22-11)27-13-4-2-5-13)12-9-14(20)18(15(21)10-12)26-7-3-6-17(24)25/h8-10,13H,2-7H2,1H3,(H,24,25). The van der Waals surface area contributed by atoms with Crippen molar-refractivity contribution in [2.45, 2.75) is 45.1 Å². The van der Waals surface area contributed by atoms with Crippen molar-refractivity contribution in [3.05, 3.63) is 34.7 Å². The molecule has 2 aromatic rings. The number of rotatable bonds is 8. The maximum atomic E-state index is 14.5. The van der Waals surface area contributed by atoms with E-state index in [-0.39, 0.29) is 42.3 Å². The zero-order chi connectivity index (χ0) is 19.4. The zero-order valence-electron chi connectivity index (χ0n) is 14.9. The first kappa shape index (κ1) is 19.4. The number of carboxylic acids is 1. The molecule has 0 saturated heterocycles.